The number of aromatic nitrogens is 2. The molecular weight excluding hydrogens is 402 g/mol. The fraction of sp³-hybridized carbons (Fsp3) is 0.0909. The van der Waals surface area contributed by atoms with Crippen LogP contribution in [0.1, 0.15) is 0 Å². The van der Waals surface area contributed by atoms with Crippen LogP contribution >= 0.6 is 0 Å². The van der Waals surface area contributed by atoms with Crippen LogP contribution in [0.3, 0.4) is 0 Å². The molecule has 0 radical (unpaired) electrons. The molecule has 0 spiro atoms. The minimum absolute atomic E-state index is 0.0108. The van der Waals surface area contributed by atoms with Gasteiger partial charge in [-0.25, -0.2) is 13.4 Å². The third-order valence-corrected chi connectivity index (χ3v) is 5.94. The van der Waals surface area contributed by atoms with Crippen LogP contribution in [0.4, 0.5) is 5.69 Å². The number of sulfonamides is 1. The zero-order valence-electron chi connectivity index (χ0n) is 16.4. The SMILES string of the molecule is COc1ccccc1NS(=O)(=O)c1cc(-c2cnc3ccccc3n2)ccc1OC. The second kappa shape index (κ2) is 8.00. The molecule has 4 rings (SSSR count). The van der Waals surface area contributed by atoms with Crippen molar-refractivity contribution in [3.05, 3.63) is 72.9 Å². The second-order valence-corrected chi connectivity index (χ2v) is 8.07. The molecule has 0 saturated heterocycles. The van der Waals surface area contributed by atoms with Crippen LogP contribution in [0.5, 0.6) is 11.5 Å². The van der Waals surface area contributed by atoms with Crippen LogP contribution in [0.15, 0.2) is 77.8 Å². The van der Waals surface area contributed by atoms with Gasteiger partial charge in [0.2, 0.25) is 0 Å². The summed E-state index contributed by atoms with van der Waals surface area (Å²) in [6.07, 6.45) is 1.62. The van der Waals surface area contributed by atoms with Gasteiger partial charge in [-0.05, 0) is 42.5 Å². The van der Waals surface area contributed by atoms with Gasteiger partial charge in [0.05, 0.1) is 42.8 Å². The maximum absolute atomic E-state index is 13.2. The Bertz CT molecular complexity index is 1320. The van der Waals surface area contributed by atoms with E-state index < -0.39 is 10.0 Å². The lowest BCUT2D eigenvalue weighted by Crippen LogP contribution is -2.15. The Morgan fingerprint density at radius 2 is 1.53 bits per heavy atom. The number of ether oxygens (including phenoxy) is 2. The van der Waals surface area contributed by atoms with Crippen LogP contribution in [-0.4, -0.2) is 32.6 Å². The lowest BCUT2D eigenvalue weighted by Gasteiger charge is -2.15. The largest absolute Gasteiger partial charge is 0.495 e. The van der Waals surface area contributed by atoms with E-state index in [0.29, 0.717) is 22.7 Å². The predicted molar refractivity (Wildman–Crippen MR) is 115 cm³/mol. The van der Waals surface area contributed by atoms with E-state index in [4.69, 9.17) is 9.47 Å². The first-order valence-corrected chi connectivity index (χ1v) is 10.6. The molecule has 7 nitrogen and oxygen atoms in total. The molecule has 0 unspecified atom stereocenters. The van der Waals surface area contributed by atoms with Crippen LogP contribution in [0.2, 0.25) is 0 Å². The van der Waals surface area contributed by atoms with Crippen molar-refractivity contribution < 1.29 is 17.9 Å². The second-order valence-electron chi connectivity index (χ2n) is 6.42. The zero-order valence-corrected chi connectivity index (χ0v) is 17.2. The summed E-state index contributed by atoms with van der Waals surface area (Å²) in [5.74, 6) is 0.631. The van der Waals surface area contributed by atoms with E-state index in [0.717, 1.165) is 11.0 Å². The molecule has 0 aliphatic heterocycles. The van der Waals surface area contributed by atoms with Crippen LogP contribution < -0.4 is 14.2 Å². The van der Waals surface area contributed by atoms with Crippen molar-refractivity contribution in [2.24, 2.45) is 0 Å². The lowest BCUT2D eigenvalue weighted by atomic mass is 10.1. The summed E-state index contributed by atoms with van der Waals surface area (Å²) in [5.41, 5.74) is 2.99. The van der Waals surface area contributed by atoms with Gasteiger partial charge < -0.3 is 9.47 Å². The summed E-state index contributed by atoms with van der Waals surface area (Å²) in [6.45, 7) is 0. The quantitative estimate of drug-likeness (QED) is 0.504. The number of nitrogens with zero attached hydrogens (tertiary/aromatic N) is 2. The third-order valence-electron chi connectivity index (χ3n) is 4.55. The normalized spacial score (nSPS) is 11.3. The topological polar surface area (TPSA) is 90.4 Å². The summed E-state index contributed by atoms with van der Waals surface area (Å²) in [4.78, 5) is 8.99. The fourth-order valence-electron chi connectivity index (χ4n) is 3.07. The molecule has 0 aliphatic rings. The van der Waals surface area contributed by atoms with E-state index in [1.54, 1.807) is 42.6 Å². The van der Waals surface area contributed by atoms with Crippen molar-refractivity contribution in [1.29, 1.82) is 0 Å². The van der Waals surface area contributed by atoms with Gasteiger partial charge in [0.25, 0.3) is 10.0 Å². The lowest BCUT2D eigenvalue weighted by molar-refractivity contribution is 0.403. The first kappa shape index (κ1) is 19.7. The number of benzene rings is 3. The van der Waals surface area contributed by atoms with Gasteiger partial charge >= 0.3 is 0 Å². The number of rotatable bonds is 6. The number of methoxy groups -OCH3 is 2. The molecule has 1 heterocycles. The molecule has 0 atom stereocenters. The standard InChI is InChI=1S/C22H19N3O4S/c1-28-20-10-6-5-9-18(20)25-30(26,27)22-13-15(11-12-21(22)29-2)19-14-23-16-7-3-4-8-17(16)24-19/h3-14,25H,1-2H3. The van der Waals surface area contributed by atoms with Gasteiger partial charge in [-0.2, -0.15) is 0 Å². The average molecular weight is 421 g/mol. The van der Waals surface area contributed by atoms with Crippen molar-refractivity contribution >= 4 is 26.7 Å². The number of nitrogens with one attached hydrogen (secondary N) is 1. The molecule has 1 N–H and O–H groups in total. The van der Waals surface area contributed by atoms with E-state index in [-0.39, 0.29) is 10.6 Å². The van der Waals surface area contributed by atoms with Gasteiger partial charge in [-0.3, -0.25) is 9.71 Å². The molecule has 0 fully saturated rings. The summed E-state index contributed by atoms with van der Waals surface area (Å²) < 4.78 is 39.4. The Hall–Kier alpha value is -3.65. The Morgan fingerprint density at radius 1 is 0.833 bits per heavy atom. The number of hydrogen-bond acceptors (Lipinski definition) is 6. The molecule has 30 heavy (non-hydrogen) atoms. The van der Waals surface area contributed by atoms with Crippen LogP contribution in [0, 0.1) is 0 Å². The first-order valence-electron chi connectivity index (χ1n) is 9.08. The number of fused-ring (bicyclic) bond motifs is 1. The monoisotopic (exact) mass is 421 g/mol. The number of para-hydroxylation sites is 4. The third kappa shape index (κ3) is 3.77. The highest BCUT2D eigenvalue weighted by atomic mass is 32.2. The van der Waals surface area contributed by atoms with Crippen molar-refractivity contribution in [3.8, 4) is 22.8 Å². The van der Waals surface area contributed by atoms with E-state index in [1.807, 2.05) is 24.3 Å². The molecule has 1 aromatic heterocycles. The highest BCUT2D eigenvalue weighted by molar-refractivity contribution is 7.92. The van der Waals surface area contributed by atoms with Crippen molar-refractivity contribution in [2.75, 3.05) is 18.9 Å². The minimum Gasteiger partial charge on any atom is -0.495 e. The van der Waals surface area contributed by atoms with Gasteiger partial charge in [0.15, 0.2) is 0 Å². The van der Waals surface area contributed by atoms with E-state index in [9.17, 15) is 8.42 Å². The van der Waals surface area contributed by atoms with Gasteiger partial charge in [0.1, 0.15) is 16.4 Å². The maximum atomic E-state index is 13.2. The van der Waals surface area contributed by atoms with E-state index >= 15 is 0 Å². The predicted octanol–water partition coefficient (Wildman–Crippen LogP) is 4.11. The van der Waals surface area contributed by atoms with Crippen molar-refractivity contribution in [2.45, 2.75) is 4.90 Å². The maximum Gasteiger partial charge on any atom is 0.265 e. The molecule has 4 aromatic rings. The first-order chi connectivity index (χ1) is 14.5. The van der Waals surface area contributed by atoms with Crippen molar-refractivity contribution in [1.82, 2.24) is 9.97 Å². The molecule has 152 valence electrons. The fourth-order valence-corrected chi connectivity index (χ4v) is 4.34. The molecular formula is C22H19N3O4S. The molecule has 0 amide bonds. The van der Waals surface area contributed by atoms with Crippen LogP contribution in [-0.2, 0) is 10.0 Å². The van der Waals surface area contributed by atoms with Crippen molar-refractivity contribution in [3.63, 3.8) is 0 Å². The van der Waals surface area contributed by atoms with Gasteiger partial charge in [-0.15, -0.1) is 0 Å². The Balaban J connectivity index is 1.78. The summed E-state index contributed by atoms with van der Waals surface area (Å²) in [5, 5.41) is 0. The van der Waals surface area contributed by atoms with E-state index in [1.165, 1.54) is 20.3 Å². The minimum atomic E-state index is -3.96. The Morgan fingerprint density at radius 3 is 2.30 bits per heavy atom. The zero-order chi connectivity index (χ0) is 21.1. The molecule has 3 aromatic carbocycles. The molecule has 8 heteroatoms. The molecule has 0 bridgehead atoms. The Kier molecular flexibility index (Phi) is 5.24. The average Bonchev–Trinajstić information content (AvgIpc) is 2.78. The smallest absolute Gasteiger partial charge is 0.265 e. The van der Waals surface area contributed by atoms with Gasteiger partial charge in [-0.1, -0.05) is 24.3 Å². The number of anilines is 1. The molecule has 0 saturated carbocycles. The van der Waals surface area contributed by atoms with E-state index in [2.05, 4.69) is 14.7 Å². The molecule has 0 aliphatic carbocycles. The highest BCUT2D eigenvalue weighted by Gasteiger charge is 2.22. The highest BCUT2D eigenvalue weighted by Crippen LogP contribution is 2.32. The van der Waals surface area contributed by atoms with Crippen LogP contribution in [0.25, 0.3) is 22.3 Å². The van der Waals surface area contributed by atoms with Gasteiger partial charge in [0, 0.05) is 5.56 Å². The Labute approximate surface area is 174 Å². The summed E-state index contributed by atoms with van der Waals surface area (Å²) >= 11 is 0. The number of hydrogen-bond donors (Lipinski definition) is 1. The summed E-state index contributed by atoms with van der Waals surface area (Å²) in [7, 11) is -1.06. The summed E-state index contributed by atoms with van der Waals surface area (Å²) in [6, 6.07) is 19.1.